The molecule has 0 aliphatic carbocycles. The summed E-state index contributed by atoms with van der Waals surface area (Å²) in [6, 6.07) is 7.10. The van der Waals surface area contributed by atoms with Crippen molar-refractivity contribution < 1.29 is 30.0 Å². The highest BCUT2D eigenvalue weighted by molar-refractivity contribution is 7.92. The van der Waals surface area contributed by atoms with Crippen LogP contribution >= 0.6 is 0 Å². The Hall–Kier alpha value is -2.80. The average molecular weight is 462 g/mol. The number of rotatable bonds is 5. The molecule has 0 unspecified atom stereocenters. The molecule has 0 aliphatic heterocycles. The maximum atomic E-state index is 12.9. The van der Waals surface area contributed by atoms with Crippen LogP contribution in [-0.2, 0) is 26.2 Å². The molecule has 2 aromatic carbocycles. The van der Waals surface area contributed by atoms with Gasteiger partial charge in [-0.15, -0.1) is 0 Å². The van der Waals surface area contributed by atoms with Crippen molar-refractivity contribution in [3.8, 4) is 0 Å². The van der Waals surface area contributed by atoms with Gasteiger partial charge in [-0.3, -0.25) is 4.72 Å². The van der Waals surface area contributed by atoms with E-state index in [4.69, 9.17) is 5.73 Å². The molecule has 162 valence electrons. The van der Waals surface area contributed by atoms with Gasteiger partial charge in [-0.05, 0) is 50.2 Å². The lowest BCUT2D eigenvalue weighted by molar-refractivity contribution is -0.137. The predicted molar refractivity (Wildman–Crippen MR) is 106 cm³/mol. The molecule has 1 aromatic heterocycles. The number of anilines is 2. The highest BCUT2D eigenvalue weighted by atomic mass is 32.2. The lowest BCUT2D eigenvalue weighted by atomic mass is 10.2. The number of halogens is 3. The number of fused-ring (bicyclic) bond motifs is 1. The molecule has 3 rings (SSSR count). The van der Waals surface area contributed by atoms with Gasteiger partial charge in [0.25, 0.3) is 10.0 Å². The molecule has 3 aromatic rings. The van der Waals surface area contributed by atoms with E-state index in [0.717, 1.165) is 22.2 Å². The Morgan fingerprint density at radius 3 is 2.33 bits per heavy atom. The molecular weight excluding hydrogens is 445 g/mol. The first-order chi connectivity index (χ1) is 13.7. The van der Waals surface area contributed by atoms with Gasteiger partial charge in [0.05, 0.1) is 32.4 Å². The standard InChI is InChI=1S/C17H17F3N4O4S2/c1-10(2)30(27,28)24-15-7-6-12(9-14(15)22-16(24)21)23-29(25,26)13-5-3-4-11(8-13)17(18,19)20/h3-10,23H,1-2H3,(H2,21,22). The van der Waals surface area contributed by atoms with Gasteiger partial charge in [0, 0.05) is 0 Å². The Labute approximate surface area is 170 Å². The van der Waals surface area contributed by atoms with Gasteiger partial charge in [0.1, 0.15) is 0 Å². The van der Waals surface area contributed by atoms with Gasteiger partial charge in [-0.25, -0.2) is 25.8 Å². The Balaban J connectivity index is 2.01. The molecule has 30 heavy (non-hydrogen) atoms. The fraction of sp³-hybridized carbons (Fsp3) is 0.235. The summed E-state index contributed by atoms with van der Waals surface area (Å²) in [5, 5.41) is -0.781. The van der Waals surface area contributed by atoms with E-state index in [0.29, 0.717) is 6.07 Å². The molecule has 0 aliphatic rings. The van der Waals surface area contributed by atoms with E-state index in [-0.39, 0.29) is 22.7 Å². The van der Waals surface area contributed by atoms with E-state index in [1.807, 2.05) is 0 Å². The van der Waals surface area contributed by atoms with Gasteiger partial charge < -0.3 is 5.73 Å². The van der Waals surface area contributed by atoms with Crippen LogP contribution in [0, 0.1) is 0 Å². The van der Waals surface area contributed by atoms with Crippen LogP contribution in [0.15, 0.2) is 47.4 Å². The van der Waals surface area contributed by atoms with Crippen molar-refractivity contribution in [1.29, 1.82) is 0 Å². The zero-order valence-corrected chi connectivity index (χ0v) is 17.3. The number of imidazole rings is 1. The first kappa shape index (κ1) is 21.9. The Bertz CT molecular complexity index is 1330. The summed E-state index contributed by atoms with van der Waals surface area (Å²) < 4.78 is 91.6. The summed E-state index contributed by atoms with van der Waals surface area (Å²) in [5.41, 5.74) is 4.84. The molecule has 0 atom stereocenters. The van der Waals surface area contributed by atoms with Crippen molar-refractivity contribution in [1.82, 2.24) is 8.96 Å². The van der Waals surface area contributed by atoms with Crippen LogP contribution < -0.4 is 10.5 Å². The third-order valence-corrected chi connectivity index (χ3v) is 7.67. The number of alkyl halides is 3. The number of nitrogens with one attached hydrogen (secondary N) is 1. The van der Waals surface area contributed by atoms with Crippen LogP contribution in [0.2, 0.25) is 0 Å². The smallest absolute Gasteiger partial charge is 0.368 e. The van der Waals surface area contributed by atoms with Gasteiger partial charge in [0.15, 0.2) is 0 Å². The normalized spacial score (nSPS) is 13.1. The van der Waals surface area contributed by atoms with E-state index in [9.17, 15) is 30.0 Å². The van der Waals surface area contributed by atoms with Gasteiger partial charge in [-0.2, -0.15) is 13.2 Å². The molecule has 0 spiro atoms. The quantitative estimate of drug-likeness (QED) is 0.601. The van der Waals surface area contributed by atoms with Gasteiger partial charge in [-0.1, -0.05) is 6.07 Å². The Morgan fingerprint density at radius 2 is 1.73 bits per heavy atom. The topological polar surface area (TPSA) is 124 Å². The number of hydrogen-bond acceptors (Lipinski definition) is 6. The van der Waals surface area contributed by atoms with Crippen molar-refractivity contribution in [2.24, 2.45) is 0 Å². The SMILES string of the molecule is CC(C)S(=O)(=O)n1c(N)nc2cc(NS(=O)(=O)c3cccc(C(F)(F)F)c3)ccc21. The number of nitrogens with two attached hydrogens (primary N) is 1. The first-order valence-electron chi connectivity index (χ1n) is 8.46. The van der Waals surface area contributed by atoms with Crippen molar-refractivity contribution in [2.45, 2.75) is 30.2 Å². The van der Waals surface area contributed by atoms with E-state index >= 15 is 0 Å². The second kappa shape index (κ2) is 7.16. The van der Waals surface area contributed by atoms with Crippen LogP contribution in [0.3, 0.4) is 0 Å². The maximum absolute atomic E-state index is 12.9. The minimum absolute atomic E-state index is 0.0218. The molecule has 13 heteroatoms. The molecule has 0 bridgehead atoms. The minimum Gasteiger partial charge on any atom is -0.368 e. The van der Waals surface area contributed by atoms with Gasteiger partial charge >= 0.3 is 6.18 Å². The molecule has 3 N–H and O–H groups in total. The second-order valence-corrected chi connectivity index (χ2v) is 10.7. The Kier molecular flexibility index (Phi) is 5.23. The Morgan fingerprint density at radius 1 is 1.07 bits per heavy atom. The zero-order valence-electron chi connectivity index (χ0n) is 15.7. The fourth-order valence-electron chi connectivity index (χ4n) is 2.67. The second-order valence-electron chi connectivity index (χ2n) is 6.66. The molecule has 0 saturated carbocycles. The highest BCUT2D eigenvalue weighted by Gasteiger charge is 2.32. The third kappa shape index (κ3) is 3.94. The van der Waals surface area contributed by atoms with Crippen molar-refractivity contribution >= 4 is 42.7 Å². The van der Waals surface area contributed by atoms with E-state index < -0.39 is 41.9 Å². The molecule has 0 radical (unpaired) electrons. The van der Waals surface area contributed by atoms with Crippen LogP contribution in [0.5, 0.6) is 0 Å². The van der Waals surface area contributed by atoms with E-state index in [1.165, 1.54) is 32.0 Å². The summed E-state index contributed by atoms with van der Waals surface area (Å²) in [5.74, 6) is -0.295. The molecule has 0 saturated heterocycles. The molecule has 0 amide bonds. The van der Waals surface area contributed by atoms with E-state index in [2.05, 4.69) is 9.71 Å². The van der Waals surface area contributed by atoms with Crippen molar-refractivity contribution in [3.63, 3.8) is 0 Å². The lowest BCUT2D eigenvalue weighted by Gasteiger charge is -2.12. The predicted octanol–water partition coefficient (Wildman–Crippen LogP) is 3.02. The third-order valence-electron chi connectivity index (χ3n) is 4.21. The van der Waals surface area contributed by atoms with Gasteiger partial charge in [0.2, 0.25) is 16.0 Å². The molecule has 0 fully saturated rings. The largest absolute Gasteiger partial charge is 0.416 e. The lowest BCUT2D eigenvalue weighted by Crippen LogP contribution is -2.23. The number of nitrogen functional groups attached to an aromatic ring is 1. The minimum atomic E-state index is -4.70. The highest BCUT2D eigenvalue weighted by Crippen LogP contribution is 2.31. The van der Waals surface area contributed by atoms with Crippen LogP contribution in [0.4, 0.5) is 24.8 Å². The summed E-state index contributed by atoms with van der Waals surface area (Å²) >= 11 is 0. The van der Waals surface area contributed by atoms with Crippen molar-refractivity contribution in [3.05, 3.63) is 48.0 Å². The number of hydrogen-bond donors (Lipinski definition) is 2. The summed E-state index contributed by atoms with van der Waals surface area (Å²) in [6.07, 6.45) is -4.70. The number of aromatic nitrogens is 2. The monoisotopic (exact) mass is 462 g/mol. The number of nitrogens with zero attached hydrogens (tertiary/aromatic N) is 2. The van der Waals surface area contributed by atoms with Crippen LogP contribution in [0.25, 0.3) is 11.0 Å². The molecular formula is C17H17F3N4O4S2. The van der Waals surface area contributed by atoms with Crippen LogP contribution in [-0.4, -0.2) is 31.0 Å². The molecule has 1 heterocycles. The maximum Gasteiger partial charge on any atom is 0.416 e. The van der Waals surface area contributed by atoms with Crippen molar-refractivity contribution in [2.75, 3.05) is 10.5 Å². The molecule has 8 nitrogen and oxygen atoms in total. The average Bonchev–Trinajstić information content (AvgIpc) is 2.96. The summed E-state index contributed by atoms with van der Waals surface area (Å²) in [7, 11) is -8.16. The zero-order chi connectivity index (χ0) is 22.5. The first-order valence-corrected chi connectivity index (χ1v) is 11.4. The number of sulfonamides is 1. The summed E-state index contributed by atoms with van der Waals surface area (Å²) in [6.45, 7) is 2.94. The van der Waals surface area contributed by atoms with E-state index in [1.54, 1.807) is 0 Å². The van der Waals surface area contributed by atoms with Crippen LogP contribution in [0.1, 0.15) is 19.4 Å². The summed E-state index contributed by atoms with van der Waals surface area (Å²) in [4.78, 5) is 3.37. The fourth-order valence-corrected chi connectivity index (χ4v) is 4.92. The number of benzene rings is 2.